The first kappa shape index (κ1) is 11.9. The van der Waals surface area contributed by atoms with Crippen LogP contribution in [0.4, 0.5) is 5.69 Å². The summed E-state index contributed by atoms with van der Waals surface area (Å²) < 4.78 is 6.49. The Balaban J connectivity index is 3.06. The zero-order valence-electron chi connectivity index (χ0n) is 8.40. The average Bonchev–Trinajstić information content (AvgIpc) is 2.04. The summed E-state index contributed by atoms with van der Waals surface area (Å²) in [6.45, 7) is 6.31. The van der Waals surface area contributed by atoms with Crippen molar-refractivity contribution in [2.45, 2.75) is 19.6 Å². The van der Waals surface area contributed by atoms with Gasteiger partial charge in [-0.25, -0.2) is 0 Å². The minimum atomic E-state index is -1.62. The quantitative estimate of drug-likeness (QED) is 0.663. The maximum Gasteiger partial charge on any atom is 0.242 e. The molecule has 0 aliphatic rings. The van der Waals surface area contributed by atoms with E-state index in [1.54, 1.807) is 12.1 Å². The molecule has 2 N–H and O–H groups in total. The van der Waals surface area contributed by atoms with Crippen LogP contribution in [0, 0.1) is 0 Å². The third-order valence-electron chi connectivity index (χ3n) is 1.49. The molecule has 0 radical (unpaired) electrons. The maximum absolute atomic E-state index is 6.07. The van der Waals surface area contributed by atoms with Crippen LogP contribution in [0.15, 0.2) is 16.6 Å². The molecule has 0 spiro atoms. The van der Waals surface area contributed by atoms with Crippen molar-refractivity contribution in [2.24, 2.45) is 0 Å². The van der Waals surface area contributed by atoms with Crippen LogP contribution in [0.2, 0.25) is 24.7 Å². The molecule has 0 aliphatic heterocycles. The molecule has 0 aromatic heterocycles. The molecule has 78 valence electrons. The van der Waals surface area contributed by atoms with E-state index in [2.05, 4.69) is 35.6 Å². The Bertz CT molecular complexity index is 351. The molecule has 0 saturated carbocycles. The average molecular weight is 295 g/mol. The number of nitrogen functional groups attached to an aromatic ring is 1. The largest absolute Gasteiger partial charge is 0.543 e. The van der Waals surface area contributed by atoms with Gasteiger partial charge in [0.25, 0.3) is 0 Å². The van der Waals surface area contributed by atoms with Crippen LogP contribution in [0.25, 0.3) is 0 Å². The highest BCUT2D eigenvalue weighted by molar-refractivity contribution is 9.10. The van der Waals surface area contributed by atoms with Gasteiger partial charge in [-0.3, -0.25) is 0 Å². The van der Waals surface area contributed by atoms with Crippen molar-refractivity contribution in [3.05, 3.63) is 21.6 Å². The zero-order valence-corrected chi connectivity index (χ0v) is 11.7. The molecule has 0 heterocycles. The summed E-state index contributed by atoms with van der Waals surface area (Å²) in [5, 5.41) is 0.549. The minimum Gasteiger partial charge on any atom is -0.543 e. The molecule has 2 nitrogen and oxygen atoms in total. The minimum absolute atomic E-state index is 0.549. The van der Waals surface area contributed by atoms with Gasteiger partial charge in [0.15, 0.2) is 0 Å². The third kappa shape index (κ3) is 2.90. The molecule has 0 atom stereocenters. The molecule has 1 rings (SSSR count). The van der Waals surface area contributed by atoms with Crippen LogP contribution >= 0.6 is 27.5 Å². The summed E-state index contributed by atoms with van der Waals surface area (Å²) in [5.74, 6) is 0.701. The molecule has 1 aromatic carbocycles. The fraction of sp³-hybridized carbons (Fsp3) is 0.333. The van der Waals surface area contributed by atoms with Crippen molar-refractivity contribution in [2.75, 3.05) is 5.73 Å². The SMILES string of the molecule is C[Si](C)(C)Oc1ccc(N)c(Br)c1Cl. The van der Waals surface area contributed by atoms with Gasteiger partial charge in [-0.15, -0.1) is 0 Å². The smallest absolute Gasteiger partial charge is 0.242 e. The highest BCUT2D eigenvalue weighted by atomic mass is 79.9. The van der Waals surface area contributed by atoms with Gasteiger partial charge in [-0.1, -0.05) is 11.6 Å². The molecule has 0 unspecified atom stereocenters. The van der Waals surface area contributed by atoms with E-state index in [-0.39, 0.29) is 0 Å². The Labute approximate surface area is 98.7 Å². The summed E-state index contributed by atoms with van der Waals surface area (Å²) in [6.07, 6.45) is 0. The highest BCUT2D eigenvalue weighted by Crippen LogP contribution is 2.37. The first-order chi connectivity index (χ1) is 6.31. The lowest BCUT2D eigenvalue weighted by Crippen LogP contribution is -2.29. The van der Waals surface area contributed by atoms with Crippen LogP contribution < -0.4 is 10.2 Å². The van der Waals surface area contributed by atoms with Gasteiger partial charge in [0, 0.05) is 5.69 Å². The van der Waals surface area contributed by atoms with Gasteiger partial charge < -0.3 is 10.2 Å². The van der Waals surface area contributed by atoms with E-state index in [1.165, 1.54) is 0 Å². The summed E-state index contributed by atoms with van der Waals surface area (Å²) in [6, 6.07) is 3.59. The second-order valence-corrected chi connectivity index (χ2v) is 9.60. The Kier molecular flexibility index (Phi) is 3.50. The van der Waals surface area contributed by atoms with Gasteiger partial charge in [0.1, 0.15) is 5.75 Å². The van der Waals surface area contributed by atoms with Gasteiger partial charge in [0.2, 0.25) is 8.32 Å². The van der Waals surface area contributed by atoms with Crippen molar-refractivity contribution in [1.82, 2.24) is 0 Å². The first-order valence-electron chi connectivity index (χ1n) is 4.24. The predicted molar refractivity (Wildman–Crippen MR) is 67.5 cm³/mol. The van der Waals surface area contributed by atoms with Gasteiger partial charge >= 0.3 is 0 Å². The normalized spacial score (nSPS) is 11.5. The number of hydrogen-bond donors (Lipinski definition) is 1. The lowest BCUT2D eigenvalue weighted by atomic mass is 10.3. The second-order valence-electron chi connectivity index (χ2n) is 4.00. The molecule has 0 saturated heterocycles. The number of anilines is 1. The summed E-state index contributed by atoms with van der Waals surface area (Å²) in [7, 11) is -1.62. The molecule has 14 heavy (non-hydrogen) atoms. The molecular formula is C9H13BrClNOSi. The first-order valence-corrected chi connectivity index (χ1v) is 8.81. The summed E-state index contributed by atoms with van der Waals surface area (Å²) in [5.41, 5.74) is 6.30. The van der Waals surface area contributed by atoms with Gasteiger partial charge in [-0.2, -0.15) is 0 Å². The fourth-order valence-corrected chi connectivity index (χ4v) is 2.39. The standard InChI is InChI=1S/C9H13BrClNOSi/c1-14(2,3)13-7-5-4-6(12)8(10)9(7)11/h4-5H,12H2,1-3H3. The van der Waals surface area contributed by atoms with E-state index in [1.807, 2.05) is 0 Å². The monoisotopic (exact) mass is 293 g/mol. The van der Waals surface area contributed by atoms with Crippen molar-refractivity contribution in [1.29, 1.82) is 0 Å². The van der Waals surface area contributed by atoms with E-state index in [0.29, 0.717) is 20.9 Å². The molecule has 0 amide bonds. The van der Waals surface area contributed by atoms with Crippen LogP contribution in [0.1, 0.15) is 0 Å². The van der Waals surface area contributed by atoms with E-state index in [4.69, 9.17) is 21.8 Å². The number of rotatable bonds is 2. The van der Waals surface area contributed by atoms with Crippen LogP contribution in [-0.2, 0) is 0 Å². The molecule has 1 aromatic rings. The zero-order chi connectivity index (χ0) is 10.9. The summed E-state index contributed by atoms with van der Waals surface area (Å²) >= 11 is 9.39. The number of benzene rings is 1. The Morgan fingerprint density at radius 2 is 1.93 bits per heavy atom. The second kappa shape index (κ2) is 4.12. The highest BCUT2D eigenvalue weighted by Gasteiger charge is 2.19. The van der Waals surface area contributed by atoms with Crippen molar-refractivity contribution >= 4 is 41.5 Å². The van der Waals surface area contributed by atoms with E-state index < -0.39 is 8.32 Å². The number of nitrogens with two attached hydrogens (primary N) is 1. The Morgan fingerprint density at radius 3 is 2.43 bits per heavy atom. The van der Waals surface area contributed by atoms with Crippen molar-refractivity contribution in [3.63, 3.8) is 0 Å². The third-order valence-corrected chi connectivity index (χ3v) is 3.78. The van der Waals surface area contributed by atoms with E-state index >= 15 is 0 Å². The van der Waals surface area contributed by atoms with Crippen molar-refractivity contribution < 1.29 is 4.43 Å². The van der Waals surface area contributed by atoms with Crippen LogP contribution in [0.5, 0.6) is 5.75 Å². The summed E-state index contributed by atoms with van der Waals surface area (Å²) in [4.78, 5) is 0. The lowest BCUT2D eigenvalue weighted by molar-refractivity contribution is 0.557. The molecule has 0 aliphatic carbocycles. The number of halogens is 2. The Hall–Kier alpha value is -0.193. The van der Waals surface area contributed by atoms with Gasteiger partial charge in [-0.05, 0) is 47.7 Å². The van der Waals surface area contributed by atoms with Crippen molar-refractivity contribution in [3.8, 4) is 5.75 Å². The molecule has 0 bridgehead atoms. The topological polar surface area (TPSA) is 35.2 Å². The molecule has 0 fully saturated rings. The van der Waals surface area contributed by atoms with Crippen LogP contribution in [-0.4, -0.2) is 8.32 Å². The van der Waals surface area contributed by atoms with Crippen LogP contribution in [0.3, 0.4) is 0 Å². The number of hydrogen-bond acceptors (Lipinski definition) is 2. The van der Waals surface area contributed by atoms with E-state index in [9.17, 15) is 0 Å². The fourth-order valence-electron chi connectivity index (χ4n) is 0.955. The van der Waals surface area contributed by atoms with Gasteiger partial charge in [0.05, 0.1) is 9.50 Å². The molecular weight excluding hydrogens is 282 g/mol. The predicted octanol–water partition coefficient (Wildman–Crippen LogP) is 3.90. The molecule has 5 heteroatoms. The lowest BCUT2D eigenvalue weighted by Gasteiger charge is -2.20. The Morgan fingerprint density at radius 1 is 1.36 bits per heavy atom. The maximum atomic E-state index is 6.07. The van der Waals surface area contributed by atoms with E-state index in [0.717, 1.165) is 0 Å².